The molecule has 0 radical (unpaired) electrons. The summed E-state index contributed by atoms with van der Waals surface area (Å²) < 4.78 is 0. The molecule has 1 atom stereocenters. The molecule has 5 nitrogen and oxygen atoms in total. The lowest BCUT2D eigenvalue weighted by molar-refractivity contribution is -0.132. The van der Waals surface area contributed by atoms with Gasteiger partial charge < -0.3 is 15.6 Å². The first kappa shape index (κ1) is 10.2. The Hall–Kier alpha value is -0.880. The zero-order chi connectivity index (χ0) is 9.84. The van der Waals surface area contributed by atoms with Gasteiger partial charge in [0, 0.05) is 26.1 Å². The molecule has 1 fully saturated rings. The molecule has 1 unspecified atom stereocenters. The van der Waals surface area contributed by atoms with Gasteiger partial charge in [-0.1, -0.05) is 0 Å². The maximum absolute atomic E-state index is 11.1. The zero-order valence-corrected chi connectivity index (χ0v) is 8.36. The van der Waals surface area contributed by atoms with Gasteiger partial charge in [-0.25, -0.2) is 5.84 Å². The highest BCUT2D eigenvalue weighted by Crippen LogP contribution is 2.08. The number of likely N-dealkylation sites (N-methyl/N-ethyl adjacent to an activating group) is 1. The molecule has 1 aliphatic rings. The van der Waals surface area contributed by atoms with Gasteiger partial charge in [0.1, 0.15) is 0 Å². The highest BCUT2D eigenvalue weighted by atomic mass is 32.1. The van der Waals surface area contributed by atoms with Crippen molar-refractivity contribution >= 4 is 23.2 Å². The number of rotatable bonds is 1. The highest BCUT2D eigenvalue weighted by molar-refractivity contribution is 7.80. The molecule has 0 aliphatic carbocycles. The first-order chi connectivity index (χ1) is 6.13. The maximum atomic E-state index is 11.1. The lowest BCUT2D eigenvalue weighted by Gasteiger charge is -2.30. The minimum atomic E-state index is 0.185. The van der Waals surface area contributed by atoms with Crippen molar-refractivity contribution < 1.29 is 4.79 Å². The molecule has 0 aromatic carbocycles. The number of nitrogens with zero attached hydrogens (tertiary/aromatic N) is 1. The van der Waals surface area contributed by atoms with Crippen LogP contribution in [0.4, 0.5) is 0 Å². The standard InChI is InChI=1S/C7H14N4OS/c1-11-4-5(2-3-6(11)12)9-7(13)10-8/h5H,2-4,8H2,1H3,(H2,9,10,13). The minimum Gasteiger partial charge on any atom is -0.357 e. The van der Waals surface area contributed by atoms with Gasteiger partial charge in [0.05, 0.1) is 0 Å². The number of amides is 1. The number of carbonyl (C=O) groups is 1. The third-order valence-electron chi connectivity index (χ3n) is 2.09. The van der Waals surface area contributed by atoms with E-state index in [2.05, 4.69) is 10.7 Å². The van der Waals surface area contributed by atoms with Crippen LogP contribution in [0.2, 0.25) is 0 Å². The van der Waals surface area contributed by atoms with Crippen LogP contribution >= 0.6 is 12.2 Å². The third-order valence-corrected chi connectivity index (χ3v) is 2.33. The molecule has 1 aliphatic heterocycles. The molecule has 13 heavy (non-hydrogen) atoms. The first-order valence-corrected chi connectivity index (χ1v) is 4.55. The van der Waals surface area contributed by atoms with E-state index in [1.165, 1.54) is 0 Å². The van der Waals surface area contributed by atoms with Gasteiger partial charge in [0.2, 0.25) is 5.91 Å². The monoisotopic (exact) mass is 202 g/mol. The van der Waals surface area contributed by atoms with Crippen molar-refractivity contribution in [3.05, 3.63) is 0 Å². The van der Waals surface area contributed by atoms with E-state index in [1.807, 2.05) is 0 Å². The number of hydrogen-bond acceptors (Lipinski definition) is 3. The van der Waals surface area contributed by atoms with E-state index in [0.717, 1.165) is 6.42 Å². The molecule has 0 aromatic heterocycles. The summed E-state index contributed by atoms with van der Waals surface area (Å²) in [5.74, 6) is 5.30. The van der Waals surface area contributed by atoms with Crippen LogP contribution in [0.15, 0.2) is 0 Å². The minimum absolute atomic E-state index is 0.185. The Bertz CT molecular complexity index is 221. The smallest absolute Gasteiger partial charge is 0.222 e. The lowest BCUT2D eigenvalue weighted by atomic mass is 10.1. The molecule has 1 amide bonds. The van der Waals surface area contributed by atoms with Crippen LogP contribution in [-0.4, -0.2) is 35.6 Å². The topological polar surface area (TPSA) is 70.4 Å². The molecule has 6 heteroatoms. The molecule has 0 bridgehead atoms. The average molecular weight is 202 g/mol. The number of piperidine rings is 1. The Morgan fingerprint density at radius 2 is 2.46 bits per heavy atom. The second-order valence-electron chi connectivity index (χ2n) is 3.13. The van der Waals surface area contributed by atoms with Crippen LogP contribution in [-0.2, 0) is 4.79 Å². The molecule has 1 rings (SSSR count). The van der Waals surface area contributed by atoms with Crippen molar-refractivity contribution in [1.82, 2.24) is 15.6 Å². The van der Waals surface area contributed by atoms with Crippen molar-refractivity contribution in [2.75, 3.05) is 13.6 Å². The summed E-state index contributed by atoms with van der Waals surface area (Å²) in [5, 5.41) is 3.44. The fraction of sp³-hybridized carbons (Fsp3) is 0.714. The Kier molecular flexibility index (Phi) is 3.44. The van der Waals surface area contributed by atoms with Gasteiger partial charge in [0.15, 0.2) is 5.11 Å². The summed E-state index contributed by atoms with van der Waals surface area (Å²) in [6.45, 7) is 0.681. The normalized spacial score (nSPS) is 22.8. The number of hydrogen-bond donors (Lipinski definition) is 3. The van der Waals surface area contributed by atoms with Gasteiger partial charge in [-0.05, 0) is 18.6 Å². The zero-order valence-electron chi connectivity index (χ0n) is 7.54. The number of nitrogens with two attached hydrogens (primary N) is 1. The molecular weight excluding hydrogens is 188 g/mol. The van der Waals surface area contributed by atoms with Crippen molar-refractivity contribution in [2.45, 2.75) is 18.9 Å². The number of thiocarbonyl (C=S) groups is 1. The third kappa shape index (κ3) is 2.82. The summed E-state index contributed by atoms with van der Waals surface area (Å²) in [4.78, 5) is 12.8. The molecule has 0 saturated carbocycles. The number of carbonyl (C=O) groups excluding carboxylic acids is 1. The average Bonchev–Trinajstić information content (AvgIpc) is 2.11. The summed E-state index contributed by atoms with van der Waals surface area (Å²) in [6, 6.07) is 0.214. The fourth-order valence-electron chi connectivity index (χ4n) is 1.36. The van der Waals surface area contributed by atoms with Crippen LogP contribution in [0.5, 0.6) is 0 Å². The van der Waals surface area contributed by atoms with Crippen molar-refractivity contribution in [2.24, 2.45) is 5.84 Å². The van der Waals surface area contributed by atoms with Gasteiger partial charge in [-0.15, -0.1) is 0 Å². The Labute approximate surface area is 82.6 Å². The molecule has 74 valence electrons. The molecule has 0 aromatic rings. The van der Waals surface area contributed by atoms with E-state index >= 15 is 0 Å². The Balaban J connectivity index is 2.37. The van der Waals surface area contributed by atoms with Crippen LogP contribution < -0.4 is 16.6 Å². The predicted octanol–water partition coefficient (Wildman–Crippen LogP) is -1.05. The Morgan fingerprint density at radius 1 is 1.77 bits per heavy atom. The summed E-state index contributed by atoms with van der Waals surface area (Å²) in [7, 11) is 1.79. The summed E-state index contributed by atoms with van der Waals surface area (Å²) in [5.41, 5.74) is 2.36. The van der Waals surface area contributed by atoms with Gasteiger partial charge in [0.25, 0.3) is 0 Å². The van der Waals surface area contributed by atoms with E-state index in [9.17, 15) is 4.79 Å². The molecule has 0 spiro atoms. The van der Waals surface area contributed by atoms with Crippen LogP contribution in [0.3, 0.4) is 0 Å². The van der Waals surface area contributed by atoms with Crippen molar-refractivity contribution in [3.8, 4) is 0 Å². The maximum Gasteiger partial charge on any atom is 0.222 e. The number of hydrazine groups is 1. The molecule has 4 N–H and O–H groups in total. The lowest BCUT2D eigenvalue weighted by Crippen LogP contribution is -2.52. The largest absolute Gasteiger partial charge is 0.357 e. The molecule has 1 saturated heterocycles. The first-order valence-electron chi connectivity index (χ1n) is 4.14. The molecular formula is C7H14N4OS. The van der Waals surface area contributed by atoms with Gasteiger partial charge >= 0.3 is 0 Å². The second kappa shape index (κ2) is 4.38. The predicted molar refractivity (Wildman–Crippen MR) is 53.7 cm³/mol. The van der Waals surface area contributed by atoms with E-state index < -0.39 is 0 Å². The Morgan fingerprint density at radius 3 is 3.00 bits per heavy atom. The van der Waals surface area contributed by atoms with Crippen molar-refractivity contribution in [3.63, 3.8) is 0 Å². The van der Waals surface area contributed by atoms with E-state index in [4.69, 9.17) is 18.1 Å². The van der Waals surface area contributed by atoms with E-state index in [0.29, 0.717) is 18.1 Å². The number of likely N-dealkylation sites (tertiary alicyclic amines) is 1. The van der Waals surface area contributed by atoms with Gasteiger partial charge in [-0.3, -0.25) is 4.79 Å². The van der Waals surface area contributed by atoms with E-state index in [1.54, 1.807) is 11.9 Å². The fourth-order valence-corrected chi connectivity index (χ4v) is 1.52. The second-order valence-corrected chi connectivity index (χ2v) is 3.54. The van der Waals surface area contributed by atoms with E-state index in [-0.39, 0.29) is 11.9 Å². The summed E-state index contributed by atoms with van der Waals surface area (Å²) >= 11 is 4.85. The van der Waals surface area contributed by atoms with Crippen LogP contribution in [0.25, 0.3) is 0 Å². The van der Waals surface area contributed by atoms with Crippen LogP contribution in [0.1, 0.15) is 12.8 Å². The van der Waals surface area contributed by atoms with Gasteiger partial charge in [-0.2, -0.15) is 0 Å². The van der Waals surface area contributed by atoms with Crippen molar-refractivity contribution in [1.29, 1.82) is 0 Å². The van der Waals surface area contributed by atoms with Crippen LogP contribution in [0, 0.1) is 0 Å². The quantitative estimate of drug-likeness (QED) is 0.287. The summed E-state index contributed by atoms with van der Waals surface area (Å²) in [6.07, 6.45) is 1.38. The number of nitrogens with one attached hydrogen (secondary N) is 2. The SMILES string of the molecule is CN1CC(NC(=S)NN)CCC1=O. The highest BCUT2D eigenvalue weighted by Gasteiger charge is 2.22. The molecule has 1 heterocycles.